The Morgan fingerprint density at radius 1 is 0.585 bits per heavy atom. The molecule has 2 aliphatic heterocycles. The van der Waals surface area contributed by atoms with Gasteiger partial charge in [0.2, 0.25) is 0 Å². The van der Waals surface area contributed by atoms with Gasteiger partial charge >= 0.3 is 0 Å². The van der Waals surface area contributed by atoms with E-state index in [-0.39, 0.29) is 18.6 Å². The van der Waals surface area contributed by atoms with Gasteiger partial charge in [-0.25, -0.2) is 4.99 Å². The average molecular weight is 533 g/mol. The van der Waals surface area contributed by atoms with Crippen LogP contribution < -0.4 is 20.7 Å². The fraction of sp³-hybridized carbons (Fsp3) is 0.0833. The third-order valence-corrected chi connectivity index (χ3v) is 7.96. The van der Waals surface area contributed by atoms with Crippen LogP contribution in [0.25, 0.3) is 21.5 Å². The van der Waals surface area contributed by atoms with Gasteiger partial charge in [0.1, 0.15) is 18.2 Å². The summed E-state index contributed by atoms with van der Waals surface area (Å²) in [4.78, 5) is 5.13. The predicted octanol–water partition coefficient (Wildman–Crippen LogP) is 7.83. The van der Waals surface area contributed by atoms with E-state index in [0.717, 1.165) is 50.1 Å². The lowest BCUT2D eigenvalue weighted by Crippen LogP contribution is -2.44. The van der Waals surface area contributed by atoms with E-state index in [9.17, 15) is 0 Å². The summed E-state index contributed by atoms with van der Waals surface area (Å²) in [5.41, 5.74) is 5.48. The van der Waals surface area contributed by atoms with E-state index in [1.54, 1.807) is 0 Å². The Hall–Kier alpha value is -5.13. The first-order valence-corrected chi connectivity index (χ1v) is 14.0. The van der Waals surface area contributed by atoms with Crippen LogP contribution in [0.5, 0.6) is 5.75 Å². The molecule has 0 bridgehead atoms. The number of nitrogens with one attached hydrogen (secondary N) is 3. The van der Waals surface area contributed by atoms with Gasteiger partial charge in [0.05, 0.1) is 5.69 Å². The van der Waals surface area contributed by atoms with Crippen molar-refractivity contribution in [2.75, 3.05) is 5.32 Å². The standard InChI is InChI=1S/C36H28N4O/c1-4-10-24(11-5-1)33-38-34(25-12-6-2-7-13-25)40-35(39-33)28-18-20-29-27(22-28)17-16-23-19-21-30-32(31(23)29)41-36(37-30)26-14-8-3-9-15-26/h1-22,33,35-37,39H,(H,38,40). The molecule has 3 unspecified atom stereocenters. The van der Waals surface area contributed by atoms with Crippen molar-refractivity contribution in [1.82, 2.24) is 10.6 Å². The van der Waals surface area contributed by atoms with Crippen LogP contribution in [0.2, 0.25) is 0 Å². The summed E-state index contributed by atoms with van der Waals surface area (Å²) in [6.07, 6.45) is -0.483. The molecule has 0 saturated carbocycles. The van der Waals surface area contributed by atoms with Crippen LogP contribution in [-0.2, 0) is 0 Å². The molecule has 0 amide bonds. The minimum atomic E-state index is -0.210. The minimum Gasteiger partial charge on any atom is -0.464 e. The highest BCUT2D eigenvalue weighted by molar-refractivity contribution is 6.13. The lowest BCUT2D eigenvalue weighted by Gasteiger charge is -2.32. The molecule has 198 valence electrons. The van der Waals surface area contributed by atoms with Gasteiger partial charge in [-0.15, -0.1) is 0 Å². The van der Waals surface area contributed by atoms with Gasteiger partial charge in [-0.3, -0.25) is 5.32 Å². The zero-order valence-electron chi connectivity index (χ0n) is 22.3. The lowest BCUT2D eigenvalue weighted by molar-refractivity contribution is 0.263. The largest absolute Gasteiger partial charge is 0.464 e. The van der Waals surface area contributed by atoms with Crippen molar-refractivity contribution < 1.29 is 4.74 Å². The number of rotatable bonds is 4. The van der Waals surface area contributed by atoms with E-state index in [2.05, 4.69) is 107 Å². The first-order chi connectivity index (χ1) is 20.3. The molecule has 5 nitrogen and oxygen atoms in total. The molecule has 6 aromatic carbocycles. The molecule has 0 aliphatic carbocycles. The van der Waals surface area contributed by atoms with Crippen LogP contribution in [0, 0.1) is 0 Å². The Balaban J connectivity index is 1.20. The summed E-state index contributed by atoms with van der Waals surface area (Å²) in [6.45, 7) is 0. The summed E-state index contributed by atoms with van der Waals surface area (Å²) in [5.74, 6) is 1.79. The number of benzene rings is 6. The molecule has 2 aliphatic rings. The summed E-state index contributed by atoms with van der Waals surface area (Å²) in [5, 5.41) is 15.5. The molecule has 0 fully saturated rings. The second-order valence-electron chi connectivity index (χ2n) is 10.5. The zero-order valence-corrected chi connectivity index (χ0v) is 22.3. The van der Waals surface area contributed by atoms with Gasteiger partial charge in [-0.05, 0) is 39.4 Å². The molecule has 3 N–H and O–H groups in total. The molecule has 0 saturated heterocycles. The highest BCUT2D eigenvalue weighted by Gasteiger charge is 2.28. The molecule has 5 heteroatoms. The number of aliphatic imine (C=N–C) groups is 1. The predicted molar refractivity (Wildman–Crippen MR) is 166 cm³/mol. The number of amidine groups is 1. The number of fused-ring (bicyclic) bond motifs is 5. The summed E-state index contributed by atoms with van der Waals surface area (Å²) < 4.78 is 6.53. The number of hydrogen-bond acceptors (Lipinski definition) is 5. The monoisotopic (exact) mass is 532 g/mol. The van der Waals surface area contributed by atoms with E-state index in [4.69, 9.17) is 9.73 Å². The van der Waals surface area contributed by atoms with E-state index in [1.165, 1.54) is 10.9 Å². The Labute approximate surface area is 238 Å². The van der Waals surface area contributed by atoms with Crippen molar-refractivity contribution in [2.24, 2.45) is 4.99 Å². The maximum Gasteiger partial charge on any atom is 0.196 e. The third-order valence-electron chi connectivity index (χ3n) is 7.96. The fourth-order valence-corrected chi connectivity index (χ4v) is 5.90. The second-order valence-corrected chi connectivity index (χ2v) is 10.5. The SMILES string of the molecule is c1ccc(C2=NC(c3ccc4c(ccc5ccc6c(c54)OC(c4ccccc4)N6)c3)NC(c3ccccc3)N2)cc1. The molecule has 3 atom stereocenters. The van der Waals surface area contributed by atoms with E-state index in [0.29, 0.717) is 0 Å². The topological polar surface area (TPSA) is 57.7 Å². The van der Waals surface area contributed by atoms with Gasteiger partial charge in [0.25, 0.3) is 0 Å². The molecular formula is C36H28N4O. The fourth-order valence-electron chi connectivity index (χ4n) is 5.90. The second kappa shape index (κ2) is 9.81. The normalized spacial score (nSPS) is 19.6. The van der Waals surface area contributed by atoms with Gasteiger partial charge in [0.15, 0.2) is 12.0 Å². The van der Waals surface area contributed by atoms with Gasteiger partial charge in [-0.1, -0.05) is 121 Å². The number of nitrogens with zero attached hydrogens (tertiary/aromatic N) is 1. The third kappa shape index (κ3) is 4.28. The lowest BCUT2D eigenvalue weighted by atomic mass is 9.97. The molecular weight excluding hydrogens is 504 g/mol. The Bertz CT molecular complexity index is 1910. The van der Waals surface area contributed by atoms with Gasteiger partial charge < -0.3 is 15.4 Å². The van der Waals surface area contributed by atoms with Crippen LogP contribution in [0.4, 0.5) is 5.69 Å². The smallest absolute Gasteiger partial charge is 0.196 e. The molecule has 6 aromatic rings. The summed E-state index contributed by atoms with van der Waals surface area (Å²) in [7, 11) is 0. The van der Waals surface area contributed by atoms with Crippen molar-refractivity contribution in [1.29, 1.82) is 0 Å². The van der Waals surface area contributed by atoms with Crippen LogP contribution in [0.15, 0.2) is 138 Å². The molecule has 0 aromatic heterocycles. The maximum absolute atomic E-state index is 6.53. The van der Waals surface area contributed by atoms with E-state index in [1.807, 2.05) is 42.5 Å². The maximum atomic E-state index is 6.53. The molecule has 0 spiro atoms. The average Bonchev–Trinajstić information content (AvgIpc) is 3.50. The highest BCUT2D eigenvalue weighted by atomic mass is 16.5. The summed E-state index contributed by atoms with van der Waals surface area (Å²) in [6, 6.07) is 46.4. The van der Waals surface area contributed by atoms with Crippen LogP contribution >= 0.6 is 0 Å². The van der Waals surface area contributed by atoms with Crippen molar-refractivity contribution >= 4 is 33.1 Å². The first kappa shape index (κ1) is 23.7. The minimum absolute atomic E-state index is 0.0705. The molecule has 41 heavy (non-hydrogen) atoms. The Kier molecular flexibility index (Phi) is 5.68. The zero-order chi connectivity index (χ0) is 27.2. The van der Waals surface area contributed by atoms with Crippen molar-refractivity contribution in [2.45, 2.75) is 18.6 Å². The van der Waals surface area contributed by atoms with E-state index >= 15 is 0 Å². The molecule has 2 heterocycles. The molecule has 8 rings (SSSR count). The van der Waals surface area contributed by atoms with Crippen molar-refractivity contribution in [3.63, 3.8) is 0 Å². The number of hydrogen-bond donors (Lipinski definition) is 3. The first-order valence-electron chi connectivity index (χ1n) is 14.0. The highest BCUT2D eigenvalue weighted by Crippen LogP contribution is 2.46. The summed E-state index contributed by atoms with van der Waals surface area (Å²) >= 11 is 0. The van der Waals surface area contributed by atoms with Gasteiger partial charge in [-0.2, -0.15) is 0 Å². The number of ether oxygens (including phenoxy) is 1. The quantitative estimate of drug-likeness (QED) is 0.203. The number of anilines is 1. The van der Waals surface area contributed by atoms with Crippen molar-refractivity contribution in [3.8, 4) is 5.75 Å². The van der Waals surface area contributed by atoms with Crippen LogP contribution in [0.3, 0.4) is 0 Å². The Morgan fingerprint density at radius 2 is 1.27 bits per heavy atom. The van der Waals surface area contributed by atoms with Crippen LogP contribution in [-0.4, -0.2) is 5.84 Å². The van der Waals surface area contributed by atoms with Crippen molar-refractivity contribution in [3.05, 3.63) is 156 Å². The molecule has 0 radical (unpaired) electrons. The van der Waals surface area contributed by atoms with Gasteiger partial charge in [0, 0.05) is 16.5 Å². The van der Waals surface area contributed by atoms with E-state index < -0.39 is 0 Å². The Morgan fingerprint density at radius 3 is 2.05 bits per heavy atom. The van der Waals surface area contributed by atoms with Crippen LogP contribution in [0.1, 0.15) is 40.8 Å².